The number of halogens is 1. The van der Waals surface area contributed by atoms with Crippen molar-refractivity contribution in [1.29, 1.82) is 0 Å². The van der Waals surface area contributed by atoms with Crippen LogP contribution < -0.4 is 52.4 Å². The zero-order valence-corrected chi connectivity index (χ0v) is 54.5. The number of carboxylic acid groups (broad SMARTS) is 1. The number of carbonyl (C=O) groups excluding carboxylic acids is 7. The number of benzene rings is 7. The molecule has 0 saturated carbocycles. The zero-order valence-electron chi connectivity index (χ0n) is 53.7. The molecule has 6 aliphatic rings. The number of nitrogens with two attached hydrogens (primary N) is 1. The van der Waals surface area contributed by atoms with Crippen molar-refractivity contribution in [2.45, 2.75) is 94.3 Å². The van der Waals surface area contributed by atoms with Crippen LogP contribution in [0.5, 0.6) is 46.0 Å². The highest BCUT2D eigenvalue weighted by molar-refractivity contribution is 6.32. The predicted octanol–water partition coefficient (Wildman–Crippen LogP) is 4.73. The predicted molar refractivity (Wildman–Crippen MR) is 358 cm³/mol. The van der Waals surface area contributed by atoms with Crippen LogP contribution in [0, 0.1) is 5.92 Å². The standard InChI is InChI=1S/C71H73ClN10O17/c1-34(2)25-47(74-3)65(90)79-60-62(87)40-16-20-51(46(72)27-40)99-53-29-41-28-52(64(53)89)98-42-17-13-38(14-18-42)61(86)59-70(95)78-58(71(96)97)44-30-50(84)45(33-82-23-21-81(22-24-82)32-35-9-11-37(12-10-35)36-7-5-4-6-8-36)63(88)55(44)43-26-39(15-19-49(43)83)56(67(92)80-59)77-68(93)57(41)76-66(91)48(31-54(73)85)75-69(60)94/h4-20,26-30,34,47-48,56-62,74,83-84,86-89H,21-25,31-33H2,1-3H3,(H2,73,85)(H,75,94)(H,76,91)(H,77,93)(H,78,95)(H,79,90)(H,80,92)(H,96,97)/t47-,48+,56-,57-,58+,59+,60-,61-,62-/m1/s1. The molecule has 0 aliphatic carbocycles. The molecule has 7 aromatic rings. The van der Waals surface area contributed by atoms with E-state index in [0.29, 0.717) is 32.7 Å². The second-order valence-electron chi connectivity index (χ2n) is 25.1. The van der Waals surface area contributed by atoms with Crippen molar-refractivity contribution < 1.29 is 83.6 Å². The number of piperazine rings is 1. The van der Waals surface area contributed by atoms with E-state index in [1.54, 1.807) is 0 Å². The minimum absolute atomic E-state index is 0.0386. The maximum atomic E-state index is 15.7. The molecule has 28 heteroatoms. The highest BCUT2D eigenvalue weighted by Crippen LogP contribution is 2.49. The second-order valence-corrected chi connectivity index (χ2v) is 25.5. The second kappa shape index (κ2) is 29.5. The van der Waals surface area contributed by atoms with Crippen molar-refractivity contribution >= 4 is 58.9 Å². The Kier molecular flexibility index (Phi) is 20.7. The Balaban J connectivity index is 1.01. The monoisotopic (exact) mass is 1370 g/mol. The van der Waals surface area contributed by atoms with Crippen LogP contribution >= 0.6 is 11.6 Å². The van der Waals surface area contributed by atoms with Gasteiger partial charge in [0.25, 0.3) is 0 Å². The molecule has 0 spiro atoms. The number of carbonyl (C=O) groups is 8. The highest BCUT2D eigenvalue weighted by atomic mass is 35.5. The van der Waals surface area contributed by atoms with Crippen molar-refractivity contribution in [3.8, 4) is 68.2 Å². The quantitative estimate of drug-likeness (QED) is 0.0742. The van der Waals surface area contributed by atoms with Gasteiger partial charge in [-0.25, -0.2) is 4.79 Å². The van der Waals surface area contributed by atoms with Gasteiger partial charge in [-0.15, -0.1) is 0 Å². The summed E-state index contributed by atoms with van der Waals surface area (Å²) in [5, 5.41) is 101. The van der Waals surface area contributed by atoms with Crippen molar-refractivity contribution in [2.24, 2.45) is 11.7 Å². The largest absolute Gasteiger partial charge is 0.507 e. The van der Waals surface area contributed by atoms with E-state index in [2.05, 4.69) is 66.4 Å². The van der Waals surface area contributed by atoms with Gasteiger partial charge in [-0.3, -0.25) is 43.4 Å². The summed E-state index contributed by atoms with van der Waals surface area (Å²) in [5.41, 5.74) is 6.81. The molecule has 99 heavy (non-hydrogen) atoms. The van der Waals surface area contributed by atoms with Gasteiger partial charge in [0.15, 0.2) is 17.5 Å². The van der Waals surface area contributed by atoms with E-state index in [1.807, 2.05) is 49.1 Å². The average molecular weight is 1370 g/mol. The lowest BCUT2D eigenvalue weighted by atomic mass is 9.88. The van der Waals surface area contributed by atoms with Gasteiger partial charge >= 0.3 is 5.97 Å². The van der Waals surface area contributed by atoms with Crippen LogP contribution in [-0.2, 0) is 51.4 Å². The maximum absolute atomic E-state index is 15.7. The summed E-state index contributed by atoms with van der Waals surface area (Å²) in [6.45, 7) is 6.21. The summed E-state index contributed by atoms with van der Waals surface area (Å²) >= 11 is 6.84. The van der Waals surface area contributed by atoms with Crippen LogP contribution in [0.2, 0.25) is 5.02 Å². The Labute approximate surface area is 571 Å². The first-order valence-corrected chi connectivity index (χ1v) is 32.2. The highest BCUT2D eigenvalue weighted by Gasteiger charge is 2.42. The molecule has 0 unspecified atom stereocenters. The summed E-state index contributed by atoms with van der Waals surface area (Å²) in [7, 11) is 1.51. The lowest BCUT2D eigenvalue weighted by Crippen LogP contribution is -2.59. The number of rotatable bonds is 13. The first kappa shape index (κ1) is 69.5. The van der Waals surface area contributed by atoms with Crippen molar-refractivity contribution in [3.05, 3.63) is 177 Å². The number of carboxylic acids is 1. The molecule has 516 valence electrons. The molecule has 6 aliphatic heterocycles. The van der Waals surface area contributed by atoms with Gasteiger partial charge in [-0.1, -0.05) is 104 Å². The molecule has 11 bridgehead atoms. The molecular weight excluding hydrogens is 1300 g/mol. The summed E-state index contributed by atoms with van der Waals surface area (Å²) in [6.07, 6.45) is -4.70. The average Bonchev–Trinajstić information content (AvgIpc) is 0.756. The number of aliphatic hydroxyl groups is 2. The van der Waals surface area contributed by atoms with Crippen LogP contribution in [0.3, 0.4) is 0 Å². The SMILES string of the molecule is CN[C@H](CC(C)C)C(=O)N[C@H]1C(=O)N[C@@H](CC(N)=O)C(=O)N[C@H]2C(=O)N[C@H]3C(=O)N[C@H](C(=O)N[C@H](C(=O)O)c4cc(O)c(CN5CCN(Cc6ccc(-c7ccccc7)cc6)CC5)c(O)c4-c4cc3ccc4O)[C@H](O)c3ccc(cc3)Oc3cc2cc(c3O)Oc2ccc(cc2Cl)[C@H]1O. The number of hydrogen-bond acceptors (Lipinski definition) is 19. The van der Waals surface area contributed by atoms with E-state index >= 15 is 14.4 Å². The normalized spacial score (nSPS) is 21.7. The van der Waals surface area contributed by atoms with Crippen molar-refractivity contribution in [3.63, 3.8) is 0 Å². The van der Waals surface area contributed by atoms with Crippen LogP contribution in [0.4, 0.5) is 0 Å². The number of phenolic OH excluding ortho intramolecular Hbond substituents is 4. The van der Waals surface area contributed by atoms with E-state index in [0.717, 1.165) is 53.1 Å². The number of aliphatic hydroxyl groups excluding tert-OH is 2. The summed E-state index contributed by atoms with van der Waals surface area (Å²) in [5.74, 6) is -14.2. The van der Waals surface area contributed by atoms with Gasteiger partial charge < -0.3 is 88.2 Å². The van der Waals surface area contributed by atoms with Crippen LogP contribution in [-0.4, -0.2) is 150 Å². The number of fused-ring (bicyclic) bond motifs is 15. The Bertz CT molecular complexity index is 4290. The third kappa shape index (κ3) is 15.3. The lowest BCUT2D eigenvalue weighted by Gasteiger charge is -2.35. The van der Waals surface area contributed by atoms with E-state index in [-0.39, 0.29) is 68.8 Å². The molecule has 13 rings (SSSR count). The van der Waals surface area contributed by atoms with Gasteiger partial charge in [0.05, 0.1) is 23.0 Å². The third-order valence-electron chi connectivity index (χ3n) is 17.9. The number of aliphatic carboxylic acids is 1. The maximum Gasteiger partial charge on any atom is 0.330 e. The van der Waals surface area contributed by atoms with Crippen molar-refractivity contribution in [1.82, 2.24) is 47.0 Å². The zero-order chi connectivity index (χ0) is 70.7. The summed E-state index contributed by atoms with van der Waals surface area (Å²) in [4.78, 5) is 120. The fourth-order valence-electron chi connectivity index (χ4n) is 12.5. The lowest BCUT2D eigenvalue weighted by molar-refractivity contribution is -0.143. The van der Waals surface area contributed by atoms with E-state index in [4.69, 9.17) is 26.8 Å². The third-order valence-corrected chi connectivity index (χ3v) is 18.2. The fourth-order valence-corrected chi connectivity index (χ4v) is 12.8. The molecule has 7 amide bonds. The Morgan fingerprint density at radius 3 is 1.88 bits per heavy atom. The molecule has 6 heterocycles. The number of phenols is 4. The van der Waals surface area contributed by atoms with Gasteiger partial charge in [0.2, 0.25) is 47.1 Å². The molecule has 1 saturated heterocycles. The van der Waals surface area contributed by atoms with Crippen LogP contribution in [0.15, 0.2) is 133 Å². The number of primary amides is 1. The number of nitrogens with one attached hydrogen (secondary N) is 7. The Morgan fingerprint density at radius 2 is 1.23 bits per heavy atom. The number of nitrogens with zero attached hydrogens (tertiary/aromatic N) is 2. The number of ether oxygens (including phenoxy) is 2. The van der Waals surface area contributed by atoms with Crippen LogP contribution in [0.25, 0.3) is 22.3 Å². The fraction of sp³-hybridized carbons (Fsp3) is 0.296. The first-order valence-electron chi connectivity index (χ1n) is 31.8. The number of likely N-dealkylation sites (N-methyl/N-ethyl adjacent to an activating group) is 1. The number of aromatic hydroxyl groups is 4. The minimum atomic E-state index is -2.20. The summed E-state index contributed by atoms with van der Waals surface area (Å²) in [6, 6.07) is 20.2. The molecule has 27 nitrogen and oxygen atoms in total. The molecule has 7 aromatic carbocycles. The first-order chi connectivity index (χ1) is 47.3. The topological polar surface area (TPSA) is 413 Å². The van der Waals surface area contributed by atoms with E-state index in [9.17, 15) is 59.7 Å². The minimum Gasteiger partial charge on any atom is -0.507 e. The summed E-state index contributed by atoms with van der Waals surface area (Å²) < 4.78 is 12.4. The number of amides is 7. The van der Waals surface area contributed by atoms with Gasteiger partial charge in [0, 0.05) is 56.0 Å². The van der Waals surface area contributed by atoms with Gasteiger partial charge in [0.1, 0.15) is 71.2 Å². The van der Waals surface area contributed by atoms with Gasteiger partial charge in [-0.2, -0.15) is 0 Å². The van der Waals surface area contributed by atoms with Crippen LogP contribution in [0.1, 0.15) is 96.0 Å². The molecule has 0 aromatic heterocycles. The van der Waals surface area contributed by atoms with E-state index < -0.39 is 154 Å². The molecule has 1 fully saturated rings. The molecular formula is C71H73ClN10O17. The Morgan fingerprint density at radius 1 is 0.616 bits per heavy atom. The van der Waals surface area contributed by atoms with Gasteiger partial charge in [-0.05, 0) is 113 Å². The Hall–Kier alpha value is -10.8. The molecule has 0 radical (unpaired) electrons. The number of hydrogen-bond donors (Lipinski definition) is 15. The van der Waals surface area contributed by atoms with Crippen molar-refractivity contribution in [2.75, 3.05) is 33.2 Å². The smallest absolute Gasteiger partial charge is 0.330 e. The molecule has 16 N–H and O–H groups in total. The molecule has 9 atom stereocenters. The van der Waals surface area contributed by atoms with E-state index in [1.165, 1.54) is 49.5 Å².